The van der Waals surface area contributed by atoms with Crippen LogP contribution in [0.4, 0.5) is 0 Å². The second kappa shape index (κ2) is 11.1. The van der Waals surface area contributed by atoms with E-state index in [-0.39, 0.29) is 9.92 Å². The number of rotatable bonds is 7. The Morgan fingerprint density at radius 2 is 1.00 bits per heavy atom. The number of aryl methyl sites for hydroxylation is 1. The SMILES string of the molecule is Cc1cc(-c2cccc(S(=O)(=O)c3ccccc3)n2)cc([Si](c2ccccc2)(c2ccccc2)c2ccccc2)c1. The Kier molecular flexibility index (Phi) is 7.22. The highest BCUT2D eigenvalue weighted by molar-refractivity contribution is 7.91. The van der Waals surface area contributed by atoms with Crippen molar-refractivity contribution in [2.75, 3.05) is 0 Å². The topological polar surface area (TPSA) is 47.0 Å². The van der Waals surface area contributed by atoms with E-state index in [0.29, 0.717) is 5.69 Å². The van der Waals surface area contributed by atoms with E-state index in [9.17, 15) is 8.42 Å². The third-order valence-electron chi connectivity index (χ3n) is 7.48. The van der Waals surface area contributed by atoms with E-state index < -0.39 is 17.9 Å². The molecule has 0 saturated carbocycles. The lowest BCUT2D eigenvalue weighted by Gasteiger charge is -2.35. The summed E-state index contributed by atoms with van der Waals surface area (Å²) in [7, 11) is -6.49. The van der Waals surface area contributed by atoms with Crippen LogP contribution >= 0.6 is 0 Å². The Morgan fingerprint density at radius 3 is 1.51 bits per heavy atom. The first-order valence-corrected chi connectivity index (χ1v) is 17.0. The zero-order chi connectivity index (χ0) is 28.3. The Labute approximate surface area is 242 Å². The average Bonchev–Trinajstić information content (AvgIpc) is 3.03. The van der Waals surface area contributed by atoms with Crippen molar-refractivity contribution in [3.63, 3.8) is 0 Å². The molecule has 0 bridgehead atoms. The molecule has 0 radical (unpaired) electrons. The van der Waals surface area contributed by atoms with E-state index in [0.717, 1.165) is 11.1 Å². The molecule has 0 amide bonds. The monoisotopic (exact) mass is 567 g/mol. The van der Waals surface area contributed by atoms with Gasteiger partial charge >= 0.3 is 0 Å². The van der Waals surface area contributed by atoms with Crippen molar-refractivity contribution in [1.29, 1.82) is 0 Å². The van der Waals surface area contributed by atoms with Crippen LogP contribution in [0.5, 0.6) is 0 Å². The second-order valence-corrected chi connectivity index (χ2v) is 15.8. The molecule has 5 aromatic carbocycles. The highest BCUT2D eigenvalue weighted by atomic mass is 32.2. The van der Waals surface area contributed by atoms with Crippen LogP contribution in [0.2, 0.25) is 0 Å². The van der Waals surface area contributed by atoms with E-state index in [1.165, 1.54) is 20.7 Å². The van der Waals surface area contributed by atoms with Crippen LogP contribution in [0.15, 0.2) is 168 Å². The minimum Gasteiger partial charge on any atom is -0.236 e. The van der Waals surface area contributed by atoms with Crippen LogP contribution in [-0.2, 0) is 9.84 Å². The minimum absolute atomic E-state index is 0.0435. The summed E-state index contributed by atoms with van der Waals surface area (Å²) in [6.07, 6.45) is 0. The van der Waals surface area contributed by atoms with E-state index in [4.69, 9.17) is 4.98 Å². The molecule has 0 atom stereocenters. The van der Waals surface area contributed by atoms with E-state index in [1.807, 2.05) is 6.07 Å². The largest absolute Gasteiger partial charge is 0.236 e. The number of hydrogen-bond donors (Lipinski definition) is 0. The molecular formula is C36H29NO2SSi. The summed E-state index contributed by atoms with van der Waals surface area (Å²) in [6, 6.07) is 52.5. The molecule has 0 saturated heterocycles. The zero-order valence-electron chi connectivity index (χ0n) is 22.7. The van der Waals surface area contributed by atoms with Crippen molar-refractivity contribution in [2.45, 2.75) is 16.8 Å². The number of hydrogen-bond acceptors (Lipinski definition) is 3. The summed E-state index contributed by atoms with van der Waals surface area (Å²) in [6.45, 7) is 2.09. The van der Waals surface area contributed by atoms with Crippen LogP contribution in [0, 0.1) is 6.92 Å². The molecule has 5 heteroatoms. The van der Waals surface area contributed by atoms with Gasteiger partial charge in [-0.25, -0.2) is 13.4 Å². The molecule has 0 aliphatic rings. The van der Waals surface area contributed by atoms with Gasteiger partial charge in [-0.1, -0.05) is 133 Å². The van der Waals surface area contributed by atoms with Gasteiger partial charge in [-0.3, -0.25) is 0 Å². The maximum atomic E-state index is 13.4. The number of benzene rings is 5. The van der Waals surface area contributed by atoms with Gasteiger partial charge in [0.25, 0.3) is 0 Å². The van der Waals surface area contributed by atoms with Gasteiger partial charge in [0, 0.05) is 5.56 Å². The molecule has 0 N–H and O–H groups in total. The zero-order valence-corrected chi connectivity index (χ0v) is 24.5. The van der Waals surface area contributed by atoms with Crippen molar-refractivity contribution >= 4 is 38.7 Å². The number of nitrogens with zero attached hydrogens (tertiary/aromatic N) is 1. The lowest BCUT2D eigenvalue weighted by atomic mass is 10.1. The predicted molar refractivity (Wildman–Crippen MR) is 170 cm³/mol. The first-order valence-electron chi connectivity index (χ1n) is 13.6. The van der Waals surface area contributed by atoms with Crippen LogP contribution in [0.1, 0.15) is 5.56 Å². The molecule has 0 aliphatic carbocycles. The molecule has 6 aromatic rings. The van der Waals surface area contributed by atoms with E-state index >= 15 is 0 Å². The highest BCUT2D eigenvalue weighted by Gasteiger charge is 2.41. The summed E-state index contributed by atoms with van der Waals surface area (Å²) in [5.74, 6) is 0. The maximum Gasteiger partial charge on any atom is 0.223 e. The summed E-state index contributed by atoms with van der Waals surface area (Å²) >= 11 is 0. The molecule has 0 unspecified atom stereocenters. The first kappa shape index (κ1) is 26.6. The van der Waals surface area contributed by atoms with Crippen LogP contribution in [0.25, 0.3) is 11.3 Å². The Bertz CT molecular complexity index is 1800. The predicted octanol–water partition coefficient (Wildman–Crippen LogP) is 5.27. The second-order valence-electron chi connectivity index (χ2n) is 10.1. The van der Waals surface area contributed by atoms with Gasteiger partial charge in [0.15, 0.2) is 13.1 Å². The lowest BCUT2D eigenvalue weighted by molar-refractivity contribution is 0.592. The first-order chi connectivity index (χ1) is 20.0. The standard InChI is InChI=1S/C36H29NO2SSi/c1-28-25-29(35-23-14-24-36(37-35)40(38,39)30-15-6-2-7-16-30)27-34(26-28)41(31-17-8-3-9-18-31,32-19-10-4-11-20-32)33-21-12-5-13-22-33/h2-27H,1H3. The smallest absolute Gasteiger partial charge is 0.223 e. The van der Waals surface area contributed by atoms with Crippen molar-refractivity contribution in [2.24, 2.45) is 0 Å². The van der Waals surface area contributed by atoms with Crippen molar-refractivity contribution in [1.82, 2.24) is 4.98 Å². The summed E-state index contributed by atoms with van der Waals surface area (Å²) in [4.78, 5) is 4.94. The fourth-order valence-electron chi connectivity index (χ4n) is 5.66. The summed E-state index contributed by atoms with van der Waals surface area (Å²) in [5.41, 5.74) is 2.61. The molecule has 0 aliphatic heterocycles. The Hall–Kier alpha value is -4.58. The molecule has 0 spiro atoms. The molecular weight excluding hydrogens is 539 g/mol. The quantitative estimate of drug-likeness (QED) is 0.195. The van der Waals surface area contributed by atoms with Crippen LogP contribution in [0.3, 0.4) is 0 Å². The summed E-state index contributed by atoms with van der Waals surface area (Å²) < 4.78 is 26.8. The molecule has 6 rings (SSSR count). The van der Waals surface area contributed by atoms with E-state index in [2.05, 4.69) is 116 Å². The van der Waals surface area contributed by atoms with Gasteiger partial charge in [-0.2, -0.15) is 0 Å². The molecule has 0 fully saturated rings. The fourth-order valence-corrected chi connectivity index (χ4v) is 11.8. The Balaban J connectivity index is 1.60. The number of sulfone groups is 1. The van der Waals surface area contributed by atoms with Gasteiger partial charge in [0.2, 0.25) is 9.84 Å². The van der Waals surface area contributed by atoms with Gasteiger partial charge in [0.05, 0.1) is 10.6 Å². The third kappa shape index (κ3) is 4.95. The van der Waals surface area contributed by atoms with Crippen molar-refractivity contribution < 1.29 is 8.42 Å². The van der Waals surface area contributed by atoms with Crippen LogP contribution < -0.4 is 20.7 Å². The lowest BCUT2D eigenvalue weighted by Crippen LogP contribution is -2.74. The third-order valence-corrected chi connectivity index (χ3v) is 13.9. The molecule has 1 heterocycles. The molecule has 200 valence electrons. The molecule has 1 aromatic heterocycles. The van der Waals surface area contributed by atoms with Crippen LogP contribution in [-0.4, -0.2) is 21.5 Å². The van der Waals surface area contributed by atoms with Crippen molar-refractivity contribution in [3.8, 4) is 11.3 Å². The number of aromatic nitrogens is 1. The minimum atomic E-state index is -3.75. The van der Waals surface area contributed by atoms with Gasteiger partial charge in [0.1, 0.15) is 0 Å². The normalized spacial score (nSPS) is 11.7. The highest BCUT2D eigenvalue weighted by Crippen LogP contribution is 2.24. The maximum absolute atomic E-state index is 13.4. The van der Waals surface area contributed by atoms with E-state index in [1.54, 1.807) is 42.5 Å². The molecule has 41 heavy (non-hydrogen) atoms. The Morgan fingerprint density at radius 1 is 0.512 bits per heavy atom. The van der Waals surface area contributed by atoms with Gasteiger partial charge < -0.3 is 0 Å². The molecule has 3 nitrogen and oxygen atoms in total. The number of pyridine rings is 1. The average molecular weight is 568 g/mol. The van der Waals surface area contributed by atoms with Gasteiger partial charge in [-0.05, 0) is 58.0 Å². The fraction of sp³-hybridized carbons (Fsp3) is 0.0278. The van der Waals surface area contributed by atoms with Crippen molar-refractivity contribution in [3.05, 3.63) is 163 Å². The van der Waals surface area contributed by atoms with Gasteiger partial charge in [-0.15, -0.1) is 0 Å². The summed E-state index contributed by atoms with van der Waals surface area (Å²) in [5, 5.41) is 5.10.